The zero-order valence-corrected chi connectivity index (χ0v) is 14.8. The first-order chi connectivity index (χ1) is 12.2. The van der Waals surface area contributed by atoms with Gasteiger partial charge in [0.15, 0.2) is 5.76 Å². The Hall–Kier alpha value is -2.56. The largest absolute Gasteiger partial charge is 0.461 e. The molecule has 25 heavy (non-hydrogen) atoms. The van der Waals surface area contributed by atoms with E-state index < -0.39 is 0 Å². The van der Waals surface area contributed by atoms with Crippen LogP contribution in [-0.2, 0) is 13.1 Å². The fourth-order valence-corrected chi connectivity index (χ4v) is 3.25. The van der Waals surface area contributed by atoms with Crippen molar-refractivity contribution in [3.05, 3.63) is 48.4 Å². The van der Waals surface area contributed by atoms with E-state index in [9.17, 15) is 4.79 Å². The van der Waals surface area contributed by atoms with Crippen LogP contribution in [0.5, 0.6) is 0 Å². The quantitative estimate of drug-likeness (QED) is 0.364. The number of carbonyl (C=O) groups is 1. The molecule has 0 unspecified atom stereocenters. The van der Waals surface area contributed by atoms with Crippen LogP contribution in [0.1, 0.15) is 49.6 Å². The Bertz CT molecular complexity index is 834. The summed E-state index contributed by atoms with van der Waals surface area (Å²) < 4.78 is 9.22. The second-order valence-electron chi connectivity index (χ2n) is 6.40. The SMILES string of the molecule is CCCCCCCn1c(N)[n+](CC(=O)c2ccco2)c2ccccc21. The summed E-state index contributed by atoms with van der Waals surface area (Å²) in [4.78, 5) is 12.4. The molecule has 0 radical (unpaired) electrons. The summed E-state index contributed by atoms with van der Waals surface area (Å²) in [6, 6.07) is 11.5. The van der Waals surface area contributed by atoms with Crippen molar-refractivity contribution in [3.8, 4) is 0 Å². The van der Waals surface area contributed by atoms with Gasteiger partial charge in [0, 0.05) is 0 Å². The highest BCUT2D eigenvalue weighted by Gasteiger charge is 2.23. The van der Waals surface area contributed by atoms with Gasteiger partial charge in [0.1, 0.15) is 17.6 Å². The number of unbranched alkanes of at least 4 members (excludes halogenated alkanes) is 4. The van der Waals surface area contributed by atoms with E-state index >= 15 is 0 Å². The van der Waals surface area contributed by atoms with Gasteiger partial charge in [-0.3, -0.25) is 10.5 Å². The van der Waals surface area contributed by atoms with Crippen molar-refractivity contribution < 1.29 is 13.8 Å². The molecule has 0 aliphatic heterocycles. The molecule has 3 rings (SSSR count). The molecule has 132 valence electrons. The van der Waals surface area contributed by atoms with E-state index in [0.29, 0.717) is 11.7 Å². The molecule has 2 aromatic heterocycles. The third-order valence-corrected chi connectivity index (χ3v) is 4.60. The third-order valence-electron chi connectivity index (χ3n) is 4.60. The number of ketones is 1. The molecule has 5 heteroatoms. The molecule has 0 atom stereocenters. The van der Waals surface area contributed by atoms with Crippen LogP contribution in [0.3, 0.4) is 0 Å². The lowest BCUT2D eigenvalue weighted by Crippen LogP contribution is -2.40. The molecule has 0 saturated heterocycles. The van der Waals surface area contributed by atoms with Crippen LogP contribution in [0, 0.1) is 0 Å². The molecule has 2 N–H and O–H groups in total. The number of para-hydroxylation sites is 2. The fraction of sp³-hybridized carbons (Fsp3) is 0.400. The summed E-state index contributed by atoms with van der Waals surface area (Å²) in [6.07, 6.45) is 7.58. The number of hydrogen-bond donors (Lipinski definition) is 1. The summed E-state index contributed by atoms with van der Waals surface area (Å²) >= 11 is 0. The van der Waals surface area contributed by atoms with Crippen molar-refractivity contribution in [1.82, 2.24) is 4.57 Å². The molecule has 0 aliphatic rings. The Kier molecular flexibility index (Phi) is 5.53. The van der Waals surface area contributed by atoms with Crippen LogP contribution in [-0.4, -0.2) is 10.4 Å². The van der Waals surface area contributed by atoms with Crippen LogP contribution >= 0.6 is 0 Å². The second-order valence-corrected chi connectivity index (χ2v) is 6.40. The van der Waals surface area contributed by atoms with Gasteiger partial charge in [-0.2, -0.15) is 0 Å². The van der Waals surface area contributed by atoms with Crippen LogP contribution in [0.25, 0.3) is 11.0 Å². The van der Waals surface area contributed by atoms with E-state index in [1.165, 1.54) is 31.9 Å². The van der Waals surface area contributed by atoms with Crippen LogP contribution in [0.4, 0.5) is 5.95 Å². The number of Topliss-reactive ketones (excluding diaryl/α,β-unsaturated/α-hetero) is 1. The number of fused-ring (bicyclic) bond motifs is 1. The van der Waals surface area contributed by atoms with E-state index in [-0.39, 0.29) is 12.3 Å². The Morgan fingerprint density at radius 2 is 1.92 bits per heavy atom. The molecule has 0 aliphatic carbocycles. The van der Waals surface area contributed by atoms with Crippen LogP contribution in [0.15, 0.2) is 47.1 Å². The zero-order valence-electron chi connectivity index (χ0n) is 14.8. The van der Waals surface area contributed by atoms with Gasteiger partial charge in [-0.15, -0.1) is 0 Å². The smallest absolute Gasteiger partial charge is 0.356 e. The monoisotopic (exact) mass is 340 g/mol. The van der Waals surface area contributed by atoms with E-state index in [1.54, 1.807) is 12.1 Å². The minimum absolute atomic E-state index is 0.0763. The highest BCUT2D eigenvalue weighted by atomic mass is 16.3. The van der Waals surface area contributed by atoms with Gasteiger partial charge in [0.05, 0.1) is 12.8 Å². The minimum Gasteiger partial charge on any atom is -0.461 e. The average Bonchev–Trinajstić information content (AvgIpc) is 3.24. The van der Waals surface area contributed by atoms with Gasteiger partial charge in [0.2, 0.25) is 5.78 Å². The van der Waals surface area contributed by atoms with Gasteiger partial charge in [0.25, 0.3) is 0 Å². The molecule has 5 nitrogen and oxygen atoms in total. The average molecular weight is 340 g/mol. The maximum absolute atomic E-state index is 12.4. The first kappa shape index (κ1) is 17.3. The highest BCUT2D eigenvalue weighted by molar-refractivity contribution is 5.92. The van der Waals surface area contributed by atoms with E-state index in [1.807, 2.05) is 22.8 Å². The summed E-state index contributed by atoms with van der Waals surface area (Å²) in [7, 11) is 0. The number of nitrogens with two attached hydrogens (primary N) is 1. The van der Waals surface area contributed by atoms with E-state index in [2.05, 4.69) is 17.6 Å². The summed E-state index contributed by atoms with van der Waals surface area (Å²) in [5.41, 5.74) is 8.45. The number of anilines is 1. The molecular weight excluding hydrogens is 314 g/mol. The highest BCUT2D eigenvalue weighted by Crippen LogP contribution is 2.18. The topological polar surface area (TPSA) is 65.0 Å². The Labute approximate surface area is 148 Å². The van der Waals surface area contributed by atoms with Crippen LogP contribution < -0.4 is 10.3 Å². The number of nitrogen functional groups attached to an aromatic ring is 1. The number of aryl methyl sites for hydroxylation is 1. The summed E-state index contributed by atoms with van der Waals surface area (Å²) in [5, 5.41) is 0. The Balaban J connectivity index is 1.83. The van der Waals surface area contributed by atoms with Crippen LogP contribution in [0.2, 0.25) is 0 Å². The Morgan fingerprint density at radius 3 is 2.68 bits per heavy atom. The summed E-state index contributed by atoms with van der Waals surface area (Å²) in [6.45, 7) is 3.27. The van der Waals surface area contributed by atoms with Gasteiger partial charge in [-0.05, 0) is 30.7 Å². The number of nitrogens with zero attached hydrogens (tertiary/aromatic N) is 2. The lowest BCUT2D eigenvalue weighted by atomic mass is 10.1. The van der Waals surface area contributed by atoms with Crippen molar-refractivity contribution in [2.45, 2.75) is 52.1 Å². The van der Waals surface area contributed by atoms with Crippen molar-refractivity contribution >= 4 is 22.8 Å². The maximum Gasteiger partial charge on any atom is 0.356 e. The normalized spacial score (nSPS) is 11.2. The number of rotatable bonds is 9. The van der Waals surface area contributed by atoms with Gasteiger partial charge in [-0.25, -0.2) is 9.13 Å². The van der Waals surface area contributed by atoms with E-state index in [4.69, 9.17) is 10.2 Å². The number of aromatic nitrogens is 2. The fourth-order valence-electron chi connectivity index (χ4n) is 3.25. The van der Waals surface area contributed by atoms with Crippen molar-refractivity contribution in [2.75, 3.05) is 5.73 Å². The molecule has 3 aromatic rings. The standard InChI is InChI=1S/C20H25N3O2/c1-2-3-4-5-8-13-22-16-10-6-7-11-17(16)23(20(22)21)15-18(24)19-12-9-14-25-19/h6-7,9-12,14,21H,2-5,8,13,15H2,1H3/p+1. The lowest BCUT2D eigenvalue weighted by molar-refractivity contribution is -0.642. The van der Waals surface area contributed by atoms with Gasteiger partial charge < -0.3 is 4.42 Å². The van der Waals surface area contributed by atoms with Crippen molar-refractivity contribution in [1.29, 1.82) is 0 Å². The van der Waals surface area contributed by atoms with Crippen molar-refractivity contribution in [2.24, 2.45) is 0 Å². The molecule has 0 amide bonds. The lowest BCUT2D eigenvalue weighted by Gasteiger charge is -2.02. The predicted molar refractivity (Wildman–Crippen MR) is 98.3 cm³/mol. The Morgan fingerprint density at radius 1 is 1.12 bits per heavy atom. The first-order valence-corrected chi connectivity index (χ1v) is 9.05. The second kappa shape index (κ2) is 8.01. The number of imidazole rings is 1. The van der Waals surface area contributed by atoms with Crippen molar-refractivity contribution in [3.63, 3.8) is 0 Å². The zero-order chi connectivity index (χ0) is 17.6. The number of carbonyl (C=O) groups excluding carboxylic acids is 1. The third kappa shape index (κ3) is 3.76. The minimum atomic E-state index is -0.0763. The molecule has 2 heterocycles. The first-order valence-electron chi connectivity index (χ1n) is 9.05. The predicted octanol–water partition coefficient (Wildman–Crippen LogP) is 3.96. The molecular formula is C20H26N3O2+. The molecule has 1 aromatic carbocycles. The maximum atomic E-state index is 12.4. The van der Waals surface area contributed by atoms with Gasteiger partial charge >= 0.3 is 5.95 Å². The summed E-state index contributed by atoms with van der Waals surface area (Å²) in [5.74, 6) is 0.910. The number of benzene rings is 1. The van der Waals surface area contributed by atoms with E-state index in [0.717, 1.165) is 24.0 Å². The number of hydrogen-bond acceptors (Lipinski definition) is 3. The molecule has 0 fully saturated rings. The van der Waals surface area contributed by atoms with Gasteiger partial charge in [-0.1, -0.05) is 44.7 Å². The number of furan rings is 1. The molecule has 0 bridgehead atoms. The molecule has 0 saturated carbocycles. The molecule has 0 spiro atoms.